The Morgan fingerprint density at radius 2 is 0.959 bits per heavy atom. The van der Waals surface area contributed by atoms with Gasteiger partial charge in [-0.2, -0.15) is 17.7 Å². The minimum atomic E-state index is -6.09. The molecular formula is C55H43F3N4O11S. The predicted octanol–water partition coefficient (Wildman–Crippen LogP) is 6.85. The molecule has 3 aliphatic rings. The number of alkyl halides is 3. The molecule has 0 unspecified atom stereocenters. The van der Waals surface area contributed by atoms with E-state index >= 15 is 0 Å². The lowest BCUT2D eigenvalue weighted by atomic mass is 9.95. The van der Waals surface area contributed by atoms with E-state index in [1.54, 1.807) is 48.5 Å². The number of esters is 4. The van der Waals surface area contributed by atoms with E-state index in [4.69, 9.17) is 36.9 Å². The summed E-state index contributed by atoms with van der Waals surface area (Å²) in [5.74, 6) is -1.77. The van der Waals surface area contributed by atoms with Crippen LogP contribution in [0.4, 0.5) is 13.2 Å². The Bertz CT molecular complexity index is 3730. The van der Waals surface area contributed by atoms with Crippen LogP contribution in [0.1, 0.15) is 74.9 Å². The van der Waals surface area contributed by atoms with Gasteiger partial charge in [0.15, 0.2) is 10.1 Å². The van der Waals surface area contributed by atoms with Crippen molar-refractivity contribution >= 4 is 67.7 Å². The van der Waals surface area contributed by atoms with Gasteiger partial charge in [0.25, 0.3) is 0 Å². The van der Waals surface area contributed by atoms with Gasteiger partial charge < -0.3 is 33.1 Å². The second-order valence-corrected chi connectivity index (χ2v) is 17.9. The van der Waals surface area contributed by atoms with Gasteiger partial charge in [0.2, 0.25) is 11.4 Å². The highest BCUT2D eigenvalue weighted by atomic mass is 32.2. The maximum absolute atomic E-state index is 12.6. The lowest BCUT2D eigenvalue weighted by molar-refractivity contribution is -0.431. The molecule has 0 saturated carbocycles. The van der Waals surface area contributed by atoms with E-state index in [0.717, 1.165) is 77.9 Å². The number of fused-ring (bicyclic) bond motifs is 6. The van der Waals surface area contributed by atoms with Crippen molar-refractivity contribution in [2.45, 2.75) is 5.51 Å². The highest BCUT2D eigenvalue weighted by Gasteiger charge is 2.37. The van der Waals surface area contributed by atoms with Gasteiger partial charge in [-0.1, -0.05) is 48.5 Å². The molecule has 8 bridgehead atoms. The van der Waals surface area contributed by atoms with Crippen LogP contribution in [0.25, 0.3) is 22.3 Å². The number of hydrogen-bond acceptors (Lipinski definition) is 12. The van der Waals surface area contributed by atoms with Crippen LogP contribution in [0.3, 0.4) is 0 Å². The first kappa shape index (κ1) is 51.4. The summed E-state index contributed by atoms with van der Waals surface area (Å²) in [6.07, 6.45) is 10.2. The van der Waals surface area contributed by atoms with Crippen LogP contribution in [0, 0.1) is 0 Å². The zero-order valence-corrected chi connectivity index (χ0v) is 41.0. The fourth-order valence-electron chi connectivity index (χ4n) is 8.63. The molecule has 2 aromatic heterocycles. The average molecular weight is 1030 g/mol. The largest absolute Gasteiger partial charge is 0.741 e. The number of hydrogen-bond donors (Lipinski definition) is 1. The summed E-state index contributed by atoms with van der Waals surface area (Å²) in [7, 11) is 3.33. The fraction of sp³-hybridized carbons (Fsp3) is 0.127. The molecule has 0 spiro atoms. The van der Waals surface area contributed by atoms with Gasteiger partial charge in [-0.15, -0.1) is 0 Å². The normalized spacial score (nSPS) is 14.2. The van der Waals surface area contributed by atoms with Crippen molar-refractivity contribution in [3.8, 4) is 0 Å². The Kier molecular flexibility index (Phi) is 14.3. The number of allylic oxidation sites excluding steroid dienone is 5. The smallest absolute Gasteiger partial charge is 0.485 e. The molecule has 0 atom stereocenters. The number of aryl methyl sites for hydroxylation is 1. The van der Waals surface area contributed by atoms with Crippen molar-refractivity contribution in [3.05, 3.63) is 224 Å². The molecule has 3 aliphatic heterocycles. The number of methoxy groups -OCH3 is 4. The molecule has 0 saturated heterocycles. The third-order valence-corrected chi connectivity index (χ3v) is 12.8. The zero-order chi connectivity index (χ0) is 53.2. The first-order valence-corrected chi connectivity index (χ1v) is 23.6. The molecule has 74 heavy (non-hydrogen) atoms. The SMILES string of the molecule is COC(=O)c1ccc(C2=C3C=CC(=N3)C(c3ccc(C(=O)OC)cc3)=c3ccc([nH]3)=C(c3ccc(C(=O)OC)cc3)c3cc(cn3C)C(c3ccc(C(=O)OC)cc3)=C3C=CC2=[N+]3C)cc1.O=S(=O)([O-])C(F)(F)F. The molecule has 9 rings (SSSR count). The number of aliphatic imine (C=N–C) groups is 1. The number of carbonyl (C=O) groups is 4. The molecule has 0 fully saturated rings. The third-order valence-electron chi connectivity index (χ3n) is 12.2. The number of nitrogens with one attached hydrogen (secondary N) is 1. The number of H-pyrrole nitrogens is 1. The van der Waals surface area contributed by atoms with E-state index in [9.17, 15) is 32.3 Å². The van der Waals surface area contributed by atoms with Gasteiger partial charge in [-0.05, 0) is 101 Å². The summed E-state index contributed by atoms with van der Waals surface area (Å²) in [5.41, 5.74) is 7.48. The molecule has 5 heterocycles. The summed E-state index contributed by atoms with van der Waals surface area (Å²) in [6, 6.07) is 35.3. The van der Waals surface area contributed by atoms with Crippen LogP contribution in [0.2, 0.25) is 0 Å². The Hall–Kier alpha value is -8.94. The molecule has 0 amide bonds. The Morgan fingerprint density at radius 3 is 1.38 bits per heavy atom. The van der Waals surface area contributed by atoms with E-state index in [0.29, 0.717) is 33.7 Å². The van der Waals surface area contributed by atoms with Crippen LogP contribution >= 0.6 is 0 Å². The van der Waals surface area contributed by atoms with E-state index in [2.05, 4.69) is 38.5 Å². The van der Waals surface area contributed by atoms with Gasteiger partial charge in [0.1, 0.15) is 7.05 Å². The number of ether oxygens (including phenoxy) is 4. The van der Waals surface area contributed by atoms with E-state index in [1.165, 1.54) is 28.4 Å². The first-order valence-electron chi connectivity index (χ1n) is 22.2. The fourth-order valence-corrected chi connectivity index (χ4v) is 8.63. The lowest BCUT2D eigenvalue weighted by Crippen LogP contribution is -2.21. The highest BCUT2D eigenvalue weighted by Crippen LogP contribution is 2.37. The number of aromatic nitrogens is 2. The number of halogens is 3. The maximum Gasteiger partial charge on any atom is 0.485 e. The highest BCUT2D eigenvalue weighted by molar-refractivity contribution is 7.86. The molecule has 376 valence electrons. The Balaban J connectivity index is 0.000000842. The van der Waals surface area contributed by atoms with Crippen LogP contribution < -0.4 is 10.7 Å². The number of carbonyl (C=O) groups excluding carboxylic acids is 4. The quantitative estimate of drug-likeness (QED) is 0.0551. The zero-order valence-electron chi connectivity index (χ0n) is 40.2. The van der Waals surface area contributed by atoms with Crippen molar-refractivity contribution < 1.29 is 68.8 Å². The number of nitrogens with zero attached hydrogens (tertiary/aromatic N) is 3. The molecule has 19 heteroatoms. The van der Waals surface area contributed by atoms with E-state index in [-0.39, 0.29) is 0 Å². The molecule has 4 aromatic carbocycles. The van der Waals surface area contributed by atoms with Crippen molar-refractivity contribution in [1.82, 2.24) is 9.55 Å². The maximum atomic E-state index is 12.6. The van der Waals surface area contributed by atoms with Crippen LogP contribution in [-0.4, -0.2) is 103 Å². The minimum Gasteiger partial charge on any atom is -0.741 e. The van der Waals surface area contributed by atoms with Gasteiger partial charge in [0.05, 0.1) is 78.9 Å². The topological polar surface area (TPSA) is 198 Å². The monoisotopic (exact) mass is 1020 g/mol. The third kappa shape index (κ3) is 10.1. The van der Waals surface area contributed by atoms with Crippen LogP contribution in [-0.2, 0) is 36.1 Å². The number of likely N-dealkylation sites (N-methyl/N-ethyl adjacent to an activating group) is 1. The first-order chi connectivity index (χ1) is 35.3. The number of rotatable bonds is 8. The van der Waals surface area contributed by atoms with E-state index < -0.39 is 39.5 Å². The summed E-state index contributed by atoms with van der Waals surface area (Å²) in [5, 5.41) is 1.54. The summed E-state index contributed by atoms with van der Waals surface area (Å²) < 4.78 is 83.2. The number of benzene rings is 4. The summed E-state index contributed by atoms with van der Waals surface area (Å²) >= 11 is 0. The molecule has 6 aromatic rings. The van der Waals surface area contributed by atoms with Gasteiger partial charge in [-0.3, -0.25) is 0 Å². The van der Waals surface area contributed by atoms with Crippen molar-refractivity contribution in [2.24, 2.45) is 12.0 Å². The number of aromatic amines is 1. The van der Waals surface area contributed by atoms with Crippen LogP contribution in [0.15, 0.2) is 162 Å². The van der Waals surface area contributed by atoms with Gasteiger partial charge >= 0.3 is 29.4 Å². The Morgan fingerprint density at radius 1 is 0.568 bits per heavy atom. The second kappa shape index (κ2) is 20.7. The van der Waals surface area contributed by atoms with Crippen molar-refractivity contribution in [2.75, 3.05) is 35.5 Å². The van der Waals surface area contributed by atoms with E-state index in [1.807, 2.05) is 86.9 Å². The second-order valence-electron chi connectivity index (χ2n) is 16.6. The summed E-state index contributed by atoms with van der Waals surface area (Å²) in [6.45, 7) is 0. The standard InChI is InChI=1S/C54H42N4O8.CHF3O3S/c1-57-30-39-29-46(57)50(34-13-21-38(22-14-34)54(62)66-6)43-26-24-41(56-43)48(32-9-17-36(18-10-32)52(60)64-4)40-23-25-42(55-40)49(33-11-19-37(20-12-33)53(61)65-5)45-28-27-44(58(45)2)47(39)31-7-15-35(16-8-31)51(59)63-3;2-1(3,4)8(5,6)7/h7-30H,1-6H3;(H,5,6,7). The van der Waals surface area contributed by atoms with Crippen molar-refractivity contribution in [3.63, 3.8) is 0 Å². The summed E-state index contributed by atoms with van der Waals surface area (Å²) in [4.78, 5) is 59.4. The molecule has 0 radical (unpaired) electrons. The lowest BCUT2D eigenvalue weighted by Gasteiger charge is -2.12. The van der Waals surface area contributed by atoms with Crippen molar-refractivity contribution in [1.29, 1.82) is 0 Å². The molecule has 0 aliphatic carbocycles. The molecular weight excluding hydrogens is 982 g/mol. The minimum absolute atomic E-state index is 0.407. The van der Waals surface area contributed by atoms with Gasteiger partial charge in [0, 0.05) is 52.8 Å². The molecule has 1 N–H and O–H groups in total. The van der Waals surface area contributed by atoms with Crippen LogP contribution in [0.5, 0.6) is 0 Å². The van der Waals surface area contributed by atoms with Gasteiger partial charge in [-0.25, -0.2) is 32.6 Å². The molecule has 15 nitrogen and oxygen atoms in total. The predicted molar refractivity (Wildman–Crippen MR) is 266 cm³/mol. The average Bonchev–Trinajstić information content (AvgIpc) is 4.23. The Labute approximate surface area is 421 Å².